The molecule has 1 N–H and O–H groups in total. The van der Waals surface area contributed by atoms with E-state index in [1.807, 2.05) is 36.6 Å². The fourth-order valence-electron chi connectivity index (χ4n) is 4.29. The van der Waals surface area contributed by atoms with E-state index >= 15 is 0 Å². The summed E-state index contributed by atoms with van der Waals surface area (Å²) in [6.45, 7) is 3.52. The van der Waals surface area contributed by atoms with E-state index in [9.17, 15) is 19.2 Å². The Hall–Kier alpha value is -4.51. The van der Waals surface area contributed by atoms with Crippen LogP contribution < -0.4 is 14.8 Å². The number of amides is 3. The van der Waals surface area contributed by atoms with Crippen molar-refractivity contribution in [3.63, 3.8) is 0 Å². The lowest BCUT2D eigenvalue weighted by atomic mass is 10.2. The average molecular weight is 534 g/mol. The van der Waals surface area contributed by atoms with Gasteiger partial charge >= 0.3 is 5.97 Å². The van der Waals surface area contributed by atoms with Crippen LogP contribution in [0, 0.1) is 13.8 Å². The number of esters is 1. The molecule has 2 aromatic carbocycles. The van der Waals surface area contributed by atoms with Crippen molar-refractivity contribution in [3.05, 3.63) is 76.0 Å². The molecule has 1 fully saturated rings. The van der Waals surface area contributed by atoms with E-state index in [-0.39, 0.29) is 11.7 Å². The Morgan fingerprint density at radius 3 is 2.53 bits per heavy atom. The number of aryl methyl sites for hydroxylation is 1. The van der Waals surface area contributed by atoms with Gasteiger partial charge in [-0.3, -0.25) is 19.3 Å². The third-order valence-corrected chi connectivity index (χ3v) is 7.04. The number of nitrogens with zero attached hydrogens (tertiary/aromatic N) is 2. The third-order valence-electron chi connectivity index (χ3n) is 6.14. The number of hydrogen-bond acceptors (Lipinski definition) is 8. The molecule has 0 saturated carbocycles. The predicted molar refractivity (Wildman–Crippen MR) is 140 cm³/mol. The third kappa shape index (κ3) is 4.75. The number of carbonyl (C=O) groups excluding carboxylic acids is 4. The minimum absolute atomic E-state index is 0.111. The Labute approximate surface area is 222 Å². The topological polar surface area (TPSA) is 116 Å². The van der Waals surface area contributed by atoms with Crippen LogP contribution in [0.2, 0.25) is 0 Å². The van der Waals surface area contributed by atoms with Crippen molar-refractivity contribution in [2.75, 3.05) is 25.8 Å². The first-order valence-electron chi connectivity index (χ1n) is 11.6. The number of thioether (sulfide) groups is 1. The SMILES string of the molecule is COC(=O)c1ccc(-n2c(C)cc(/C=C3\SC(=O)N(CC(=O)Nc4ccc5c(c4)OCO5)C3=O)c2C)cc1. The number of nitrogens with one attached hydrogen (secondary N) is 1. The number of ether oxygens (including phenoxy) is 3. The minimum atomic E-state index is -0.534. The van der Waals surface area contributed by atoms with Crippen molar-refractivity contribution in [2.45, 2.75) is 13.8 Å². The molecule has 3 amide bonds. The largest absolute Gasteiger partial charge is 0.465 e. The van der Waals surface area contributed by atoms with Gasteiger partial charge in [0.1, 0.15) is 6.54 Å². The zero-order chi connectivity index (χ0) is 27.0. The molecule has 0 bridgehead atoms. The second-order valence-electron chi connectivity index (χ2n) is 8.58. The Balaban J connectivity index is 1.31. The van der Waals surface area contributed by atoms with Gasteiger partial charge in [0.2, 0.25) is 12.7 Å². The molecule has 2 aliphatic rings. The number of hydrogen-bond donors (Lipinski definition) is 1. The Kier molecular flexibility index (Phi) is 6.68. The van der Waals surface area contributed by atoms with Crippen molar-refractivity contribution >= 4 is 46.5 Å². The number of anilines is 1. The van der Waals surface area contributed by atoms with Gasteiger partial charge in [-0.25, -0.2) is 4.79 Å². The molecule has 3 heterocycles. The van der Waals surface area contributed by atoms with E-state index < -0.39 is 29.6 Å². The van der Waals surface area contributed by atoms with Gasteiger partial charge in [0, 0.05) is 28.8 Å². The zero-order valence-corrected chi connectivity index (χ0v) is 21.6. The molecule has 0 spiro atoms. The summed E-state index contributed by atoms with van der Waals surface area (Å²) in [5, 5.41) is 2.16. The molecule has 0 unspecified atom stereocenters. The normalized spacial score (nSPS) is 15.3. The first kappa shape index (κ1) is 25.2. The van der Waals surface area contributed by atoms with Gasteiger partial charge in [-0.05, 0) is 79.7 Å². The summed E-state index contributed by atoms with van der Waals surface area (Å²) in [4.78, 5) is 51.1. The summed E-state index contributed by atoms with van der Waals surface area (Å²) in [6.07, 6.45) is 1.66. The first-order valence-corrected chi connectivity index (χ1v) is 12.4. The molecule has 38 heavy (non-hydrogen) atoms. The molecule has 5 rings (SSSR count). The lowest BCUT2D eigenvalue weighted by Gasteiger charge is -2.12. The van der Waals surface area contributed by atoms with Crippen molar-refractivity contribution in [2.24, 2.45) is 0 Å². The zero-order valence-electron chi connectivity index (χ0n) is 20.8. The summed E-state index contributed by atoms with van der Waals surface area (Å²) in [5.41, 5.74) is 4.25. The summed E-state index contributed by atoms with van der Waals surface area (Å²) in [6, 6.07) is 13.8. The lowest BCUT2D eigenvalue weighted by Crippen LogP contribution is -2.36. The van der Waals surface area contributed by atoms with E-state index in [0.717, 1.165) is 39.3 Å². The van der Waals surface area contributed by atoms with Gasteiger partial charge in [0.05, 0.1) is 17.6 Å². The van der Waals surface area contributed by atoms with E-state index in [4.69, 9.17) is 14.2 Å². The second-order valence-corrected chi connectivity index (χ2v) is 9.58. The van der Waals surface area contributed by atoms with Gasteiger partial charge < -0.3 is 24.1 Å². The van der Waals surface area contributed by atoms with Crippen LogP contribution in [0.3, 0.4) is 0 Å². The molecule has 0 atom stereocenters. The van der Waals surface area contributed by atoms with E-state index in [2.05, 4.69) is 5.32 Å². The van der Waals surface area contributed by atoms with Crippen LogP contribution in [0.1, 0.15) is 27.3 Å². The number of imide groups is 1. The van der Waals surface area contributed by atoms with E-state index in [1.54, 1.807) is 36.4 Å². The van der Waals surface area contributed by atoms with Crippen LogP contribution in [0.5, 0.6) is 11.5 Å². The highest BCUT2D eigenvalue weighted by molar-refractivity contribution is 8.18. The maximum Gasteiger partial charge on any atom is 0.337 e. The highest BCUT2D eigenvalue weighted by Crippen LogP contribution is 2.35. The van der Waals surface area contributed by atoms with Crippen molar-refractivity contribution < 1.29 is 33.4 Å². The summed E-state index contributed by atoms with van der Waals surface area (Å²) >= 11 is 0.790. The number of methoxy groups -OCH3 is 1. The van der Waals surface area contributed by atoms with Gasteiger partial charge in [0.25, 0.3) is 11.1 Å². The summed E-state index contributed by atoms with van der Waals surface area (Å²) in [5.74, 6) is -0.377. The smallest absolute Gasteiger partial charge is 0.337 e. The van der Waals surface area contributed by atoms with Crippen molar-refractivity contribution in [3.8, 4) is 17.2 Å². The van der Waals surface area contributed by atoms with Gasteiger partial charge in [-0.2, -0.15) is 0 Å². The number of fused-ring (bicyclic) bond motifs is 1. The molecular formula is C27H23N3O7S. The Morgan fingerprint density at radius 1 is 1.05 bits per heavy atom. The lowest BCUT2D eigenvalue weighted by molar-refractivity contribution is -0.127. The summed E-state index contributed by atoms with van der Waals surface area (Å²) < 4.78 is 17.3. The number of carbonyl (C=O) groups is 4. The Bertz CT molecular complexity index is 1510. The number of aromatic nitrogens is 1. The molecule has 1 aromatic heterocycles. The molecule has 11 heteroatoms. The van der Waals surface area contributed by atoms with Crippen LogP contribution in [0.15, 0.2) is 53.4 Å². The second kappa shape index (κ2) is 10.1. The highest BCUT2D eigenvalue weighted by Gasteiger charge is 2.36. The highest BCUT2D eigenvalue weighted by atomic mass is 32.2. The fourth-order valence-corrected chi connectivity index (χ4v) is 5.12. The molecule has 194 valence electrons. The molecule has 1 saturated heterocycles. The maximum atomic E-state index is 13.0. The molecule has 10 nitrogen and oxygen atoms in total. The molecular weight excluding hydrogens is 510 g/mol. The summed E-state index contributed by atoms with van der Waals surface area (Å²) in [7, 11) is 1.33. The van der Waals surface area contributed by atoms with Crippen LogP contribution in [0.4, 0.5) is 10.5 Å². The van der Waals surface area contributed by atoms with Gasteiger partial charge in [-0.15, -0.1) is 0 Å². The van der Waals surface area contributed by atoms with Crippen LogP contribution in [-0.4, -0.2) is 52.9 Å². The maximum absolute atomic E-state index is 13.0. The van der Waals surface area contributed by atoms with Gasteiger partial charge in [0.15, 0.2) is 11.5 Å². The molecule has 0 aliphatic carbocycles. The van der Waals surface area contributed by atoms with E-state index in [0.29, 0.717) is 22.7 Å². The van der Waals surface area contributed by atoms with Crippen molar-refractivity contribution in [1.82, 2.24) is 9.47 Å². The predicted octanol–water partition coefficient (Wildman–Crippen LogP) is 4.28. The standard InChI is InChI=1S/C27H23N3O7S/c1-15-10-18(16(2)30(15)20-7-4-17(5-8-20)26(33)35-3)11-23-25(32)29(27(34)38-23)13-24(31)28-19-6-9-21-22(12-19)37-14-36-21/h4-12H,13-14H2,1-3H3,(H,28,31)/b23-11-. The van der Waals surface area contributed by atoms with Crippen LogP contribution in [-0.2, 0) is 14.3 Å². The van der Waals surface area contributed by atoms with Crippen molar-refractivity contribution in [1.29, 1.82) is 0 Å². The van der Waals surface area contributed by atoms with Crippen LogP contribution >= 0.6 is 11.8 Å². The Morgan fingerprint density at radius 2 is 1.79 bits per heavy atom. The number of rotatable bonds is 6. The van der Waals surface area contributed by atoms with E-state index in [1.165, 1.54) is 7.11 Å². The fraction of sp³-hybridized carbons (Fsp3) is 0.185. The molecule has 0 radical (unpaired) electrons. The monoisotopic (exact) mass is 533 g/mol. The minimum Gasteiger partial charge on any atom is -0.465 e. The molecule has 2 aliphatic heterocycles. The van der Waals surface area contributed by atoms with Gasteiger partial charge in [-0.1, -0.05) is 0 Å². The quantitative estimate of drug-likeness (QED) is 0.369. The first-order chi connectivity index (χ1) is 18.2. The molecule has 3 aromatic rings. The van der Waals surface area contributed by atoms with Crippen LogP contribution in [0.25, 0.3) is 11.8 Å². The average Bonchev–Trinajstić information content (AvgIpc) is 3.56. The number of benzene rings is 2.